The fraction of sp³-hybridized carbons (Fsp3) is 0.417. The lowest BCUT2D eigenvalue weighted by Gasteiger charge is -2.13. The fourth-order valence-corrected chi connectivity index (χ4v) is 1.40. The summed E-state index contributed by atoms with van der Waals surface area (Å²) in [5, 5.41) is 12.1. The summed E-state index contributed by atoms with van der Waals surface area (Å²) in [6.45, 7) is 4.10. The molecular formula is C12H17NO3. The van der Waals surface area contributed by atoms with Crippen LogP contribution in [0, 0.1) is 6.92 Å². The van der Waals surface area contributed by atoms with E-state index in [0.29, 0.717) is 17.7 Å². The minimum Gasteiger partial charge on any atom is -0.508 e. The topological polar surface area (TPSA) is 58.6 Å². The highest BCUT2D eigenvalue weighted by Crippen LogP contribution is 2.16. The number of benzene rings is 1. The Morgan fingerprint density at radius 3 is 2.81 bits per heavy atom. The highest BCUT2D eigenvalue weighted by molar-refractivity contribution is 5.94. The van der Waals surface area contributed by atoms with E-state index in [1.54, 1.807) is 26.2 Å². The second kappa shape index (κ2) is 5.51. The molecule has 0 aromatic heterocycles. The first-order valence-electron chi connectivity index (χ1n) is 5.14. The van der Waals surface area contributed by atoms with Crippen LogP contribution >= 0.6 is 0 Å². The third kappa shape index (κ3) is 3.24. The normalized spacial score (nSPS) is 12.2. The van der Waals surface area contributed by atoms with Gasteiger partial charge in [-0.25, -0.2) is 0 Å². The van der Waals surface area contributed by atoms with Crippen molar-refractivity contribution >= 4 is 5.91 Å². The van der Waals surface area contributed by atoms with Gasteiger partial charge in [-0.05, 0) is 37.6 Å². The van der Waals surface area contributed by atoms with Crippen molar-refractivity contribution in [3.05, 3.63) is 29.3 Å². The highest BCUT2D eigenvalue weighted by Gasteiger charge is 2.10. The van der Waals surface area contributed by atoms with Gasteiger partial charge in [0.05, 0.1) is 6.61 Å². The van der Waals surface area contributed by atoms with Gasteiger partial charge in [0.2, 0.25) is 0 Å². The Hall–Kier alpha value is -1.55. The Morgan fingerprint density at radius 1 is 1.56 bits per heavy atom. The monoisotopic (exact) mass is 223 g/mol. The molecule has 1 aromatic rings. The molecule has 88 valence electrons. The molecule has 2 N–H and O–H groups in total. The average Bonchev–Trinajstić information content (AvgIpc) is 2.22. The number of phenols is 1. The van der Waals surface area contributed by atoms with Crippen LogP contribution in [0.15, 0.2) is 18.2 Å². The Morgan fingerprint density at radius 2 is 2.25 bits per heavy atom. The third-order valence-corrected chi connectivity index (χ3v) is 2.25. The number of nitrogens with one attached hydrogen (secondary N) is 1. The van der Waals surface area contributed by atoms with Gasteiger partial charge in [0.1, 0.15) is 5.75 Å². The lowest BCUT2D eigenvalue weighted by molar-refractivity contribution is 0.0905. The summed E-state index contributed by atoms with van der Waals surface area (Å²) >= 11 is 0. The van der Waals surface area contributed by atoms with Crippen LogP contribution in [0.5, 0.6) is 5.75 Å². The van der Waals surface area contributed by atoms with E-state index in [1.807, 2.05) is 6.92 Å². The molecule has 0 aliphatic rings. The van der Waals surface area contributed by atoms with Crippen LogP contribution in [0.25, 0.3) is 0 Å². The number of methoxy groups -OCH3 is 1. The predicted molar refractivity (Wildman–Crippen MR) is 61.6 cm³/mol. The molecule has 0 saturated carbocycles. The first-order chi connectivity index (χ1) is 7.54. The summed E-state index contributed by atoms with van der Waals surface area (Å²) in [4.78, 5) is 11.7. The van der Waals surface area contributed by atoms with Gasteiger partial charge in [0.15, 0.2) is 0 Å². The summed E-state index contributed by atoms with van der Waals surface area (Å²) in [6.07, 6.45) is 0. The molecular weight excluding hydrogens is 206 g/mol. The van der Waals surface area contributed by atoms with Crippen molar-refractivity contribution in [2.24, 2.45) is 0 Å². The molecule has 0 spiro atoms. The lowest BCUT2D eigenvalue weighted by atomic mass is 10.1. The molecule has 0 aliphatic carbocycles. The minimum atomic E-state index is -0.160. The summed E-state index contributed by atoms with van der Waals surface area (Å²) in [5.74, 6) is 0.0362. The number of amides is 1. The zero-order valence-electron chi connectivity index (χ0n) is 9.78. The number of hydrogen-bond donors (Lipinski definition) is 2. The van der Waals surface area contributed by atoms with Gasteiger partial charge in [-0.1, -0.05) is 0 Å². The number of rotatable bonds is 4. The lowest BCUT2D eigenvalue weighted by Crippen LogP contribution is -2.35. The fourth-order valence-electron chi connectivity index (χ4n) is 1.40. The van der Waals surface area contributed by atoms with Crippen LogP contribution in [0.4, 0.5) is 0 Å². The molecule has 4 nitrogen and oxygen atoms in total. The van der Waals surface area contributed by atoms with Gasteiger partial charge >= 0.3 is 0 Å². The maximum atomic E-state index is 11.7. The molecule has 0 radical (unpaired) electrons. The number of aromatic hydroxyl groups is 1. The minimum absolute atomic E-state index is 0.0355. The predicted octanol–water partition coefficient (Wildman–Crippen LogP) is 1.47. The molecule has 1 aromatic carbocycles. The first-order valence-corrected chi connectivity index (χ1v) is 5.14. The van der Waals surface area contributed by atoms with E-state index in [2.05, 4.69) is 5.32 Å². The Bertz CT molecular complexity index is 377. The van der Waals surface area contributed by atoms with Gasteiger partial charge in [-0.3, -0.25) is 4.79 Å². The smallest absolute Gasteiger partial charge is 0.251 e. The summed E-state index contributed by atoms with van der Waals surface area (Å²) in [7, 11) is 1.59. The summed E-state index contributed by atoms with van der Waals surface area (Å²) in [5.41, 5.74) is 1.23. The molecule has 1 rings (SSSR count). The van der Waals surface area contributed by atoms with E-state index >= 15 is 0 Å². The number of ether oxygens (including phenoxy) is 1. The van der Waals surface area contributed by atoms with Gasteiger partial charge in [-0.2, -0.15) is 0 Å². The largest absolute Gasteiger partial charge is 0.508 e. The average molecular weight is 223 g/mol. The standard InChI is InChI=1S/C12H17NO3/c1-8-6-10(4-5-11(8)14)12(15)13-9(2)7-16-3/h4-6,9,14H,7H2,1-3H3,(H,13,15). The molecule has 1 atom stereocenters. The number of phenolic OH excluding ortho intramolecular Hbond substituents is 1. The second-order valence-electron chi connectivity index (χ2n) is 3.83. The number of carbonyl (C=O) groups is 1. The maximum Gasteiger partial charge on any atom is 0.251 e. The van der Waals surface area contributed by atoms with Crippen LogP contribution in [0.1, 0.15) is 22.8 Å². The number of aryl methyl sites for hydroxylation is 1. The third-order valence-electron chi connectivity index (χ3n) is 2.25. The van der Waals surface area contributed by atoms with Crippen molar-refractivity contribution in [1.29, 1.82) is 0 Å². The van der Waals surface area contributed by atoms with Crippen molar-refractivity contribution < 1.29 is 14.6 Å². The Balaban J connectivity index is 2.69. The van der Waals surface area contributed by atoms with E-state index in [0.717, 1.165) is 0 Å². The SMILES string of the molecule is COCC(C)NC(=O)c1ccc(O)c(C)c1. The Kier molecular flexibility index (Phi) is 4.31. The second-order valence-corrected chi connectivity index (χ2v) is 3.83. The molecule has 0 fully saturated rings. The van der Waals surface area contributed by atoms with Crippen molar-refractivity contribution in [2.45, 2.75) is 19.9 Å². The summed E-state index contributed by atoms with van der Waals surface area (Å²) < 4.78 is 4.93. The van der Waals surface area contributed by atoms with Gasteiger partial charge in [-0.15, -0.1) is 0 Å². The van der Waals surface area contributed by atoms with Gasteiger partial charge in [0.25, 0.3) is 5.91 Å². The summed E-state index contributed by atoms with van der Waals surface area (Å²) in [6, 6.07) is 4.73. The van der Waals surface area contributed by atoms with Gasteiger partial charge < -0.3 is 15.2 Å². The molecule has 0 aliphatic heterocycles. The van der Waals surface area contributed by atoms with Crippen LogP contribution in [-0.4, -0.2) is 30.8 Å². The molecule has 0 bridgehead atoms. The zero-order valence-corrected chi connectivity index (χ0v) is 9.78. The molecule has 1 amide bonds. The Labute approximate surface area is 95.2 Å². The van der Waals surface area contributed by atoms with E-state index in [4.69, 9.17) is 4.74 Å². The highest BCUT2D eigenvalue weighted by atomic mass is 16.5. The first kappa shape index (κ1) is 12.5. The van der Waals surface area contributed by atoms with Crippen LogP contribution in [-0.2, 0) is 4.74 Å². The molecule has 0 saturated heterocycles. The van der Waals surface area contributed by atoms with Crippen molar-refractivity contribution in [3.8, 4) is 5.75 Å². The van der Waals surface area contributed by atoms with Crippen LogP contribution in [0.2, 0.25) is 0 Å². The molecule has 16 heavy (non-hydrogen) atoms. The van der Waals surface area contributed by atoms with E-state index in [9.17, 15) is 9.90 Å². The molecule has 1 unspecified atom stereocenters. The van der Waals surface area contributed by atoms with Crippen LogP contribution < -0.4 is 5.32 Å². The van der Waals surface area contributed by atoms with Crippen molar-refractivity contribution in [1.82, 2.24) is 5.32 Å². The van der Waals surface area contributed by atoms with Crippen molar-refractivity contribution in [2.75, 3.05) is 13.7 Å². The maximum absolute atomic E-state index is 11.7. The number of hydrogen-bond acceptors (Lipinski definition) is 3. The van der Waals surface area contributed by atoms with Crippen molar-refractivity contribution in [3.63, 3.8) is 0 Å². The molecule has 0 heterocycles. The zero-order chi connectivity index (χ0) is 12.1. The molecule has 4 heteroatoms. The van der Waals surface area contributed by atoms with E-state index in [1.165, 1.54) is 6.07 Å². The quantitative estimate of drug-likeness (QED) is 0.812. The van der Waals surface area contributed by atoms with E-state index < -0.39 is 0 Å². The van der Waals surface area contributed by atoms with Gasteiger partial charge in [0, 0.05) is 18.7 Å². The van der Waals surface area contributed by atoms with Crippen LogP contribution in [0.3, 0.4) is 0 Å². The number of carbonyl (C=O) groups excluding carboxylic acids is 1. The van der Waals surface area contributed by atoms with E-state index in [-0.39, 0.29) is 17.7 Å².